The van der Waals surface area contributed by atoms with Gasteiger partial charge in [-0.25, -0.2) is 8.78 Å². The summed E-state index contributed by atoms with van der Waals surface area (Å²) in [5.74, 6) is -1.04. The maximum Gasteiger partial charge on any atom is 0.131 e. The molecule has 0 heterocycles. The van der Waals surface area contributed by atoms with Crippen LogP contribution >= 0.6 is 0 Å². The molecule has 0 amide bonds. The van der Waals surface area contributed by atoms with Gasteiger partial charge in [-0.15, -0.1) is 0 Å². The summed E-state index contributed by atoms with van der Waals surface area (Å²) in [6.07, 6.45) is -0.684. The zero-order chi connectivity index (χ0) is 5.70. The zero-order valence-electron chi connectivity index (χ0n) is 3.63. The lowest BCUT2D eigenvalue weighted by molar-refractivity contribution is 0.446. The first-order valence-corrected chi connectivity index (χ1v) is 1.82. The van der Waals surface area contributed by atoms with E-state index in [0.29, 0.717) is 0 Å². The maximum atomic E-state index is 11.4. The number of hydrogen-bond donors (Lipinski definition) is 0. The monoisotopic (exact) mass is 110 g/mol. The summed E-state index contributed by atoms with van der Waals surface area (Å²) in [6, 6.07) is 0. The van der Waals surface area contributed by atoms with Crippen LogP contribution in [0.2, 0.25) is 0 Å². The Bertz CT molecular complexity index is 67.3. The molecular weight excluding hydrogens is 105 g/mol. The van der Waals surface area contributed by atoms with Crippen LogP contribution in [0.3, 0.4) is 0 Å². The highest BCUT2D eigenvalue weighted by atomic mass is 19.2. The van der Waals surface area contributed by atoms with E-state index < -0.39 is 18.9 Å². The minimum Gasteiger partial charge on any atom is -0.251 e. The first-order chi connectivity index (χ1) is 3.31. The fraction of sp³-hybridized carbons (Fsp3) is 0.500. The summed E-state index contributed by atoms with van der Waals surface area (Å²) >= 11 is 0. The average molecular weight is 110 g/mol. The van der Waals surface area contributed by atoms with Crippen molar-refractivity contribution in [1.29, 1.82) is 0 Å². The minimum absolute atomic E-state index is 0.237. The Morgan fingerprint density at radius 1 is 1.57 bits per heavy atom. The third-order valence-corrected chi connectivity index (χ3v) is 0.452. The normalized spacial score (nSPS) is 12.1. The third-order valence-electron chi connectivity index (χ3n) is 0.452. The van der Waals surface area contributed by atoms with Crippen LogP contribution in [0.15, 0.2) is 12.2 Å². The molecule has 0 aromatic heterocycles. The first kappa shape index (κ1) is 6.53. The van der Waals surface area contributed by atoms with Gasteiger partial charge in [0.15, 0.2) is 0 Å². The lowest BCUT2D eigenvalue weighted by Gasteiger charge is -1.82. The molecular formula is C4H5F3. The second-order valence-electron chi connectivity index (χ2n) is 0.995. The number of allylic oxidation sites excluding steroid dienone is 1. The number of rotatable bonds is 2. The van der Waals surface area contributed by atoms with Crippen molar-refractivity contribution in [2.75, 3.05) is 6.67 Å². The molecule has 0 saturated carbocycles. The quantitative estimate of drug-likeness (QED) is 0.510. The van der Waals surface area contributed by atoms with E-state index in [1.54, 1.807) is 0 Å². The van der Waals surface area contributed by atoms with E-state index in [-0.39, 0.29) is 6.33 Å². The lowest BCUT2D eigenvalue weighted by atomic mass is 10.4. The summed E-state index contributed by atoms with van der Waals surface area (Å²) in [5.41, 5.74) is 0. The SMILES string of the molecule is F/C=C(/F)CCF. The summed E-state index contributed by atoms with van der Waals surface area (Å²) in [7, 11) is 0. The molecule has 0 N–H and O–H groups in total. The molecule has 0 aromatic rings. The van der Waals surface area contributed by atoms with Crippen molar-refractivity contribution in [3.63, 3.8) is 0 Å². The van der Waals surface area contributed by atoms with Gasteiger partial charge >= 0.3 is 0 Å². The highest BCUT2D eigenvalue weighted by Gasteiger charge is 1.90. The molecule has 0 nitrogen and oxygen atoms in total. The van der Waals surface area contributed by atoms with Crippen LogP contribution < -0.4 is 0 Å². The fourth-order valence-corrected chi connectivity index (χ4v) is 0.145. The van der Waals surface area contributed by atoms with E-state index in [1.165, 1.54) is 0 Å². The summed E-state index contributed by atoms with van der Waals surface area (Å²) < 4.78 is 33.2. The molecule has 3 heteroatoms. The van der Waals surface area contributed by atoms with Crippen LogP contribution in [-0.2, 0) is 0 Å². The van der Waals surface area contributed by atoms with Crippen LogP contribution in [0.1, 0.15) is 6.42 Å². The Hall–Kier alpha value is -0.470. The molecule has 7 heavy (non-hydrogen) atoms. The predicted molar refractivity (Wildman–Crippen MR) is 20.9 cm³/mol. The van der Waals surface area contributed by atoms with Gasteiger partial charge in [0.25, 0.3) is 0 Å². The summed E-state index contributed by atoms with van der Waals surface area (Å²) in [4.78, 5) is 0. The Morgan fingerprint density at radius 2 is 2.14 bits per heavy atom. The van der Waals surface area contributed by atoms with Crippen molar-refractivity contribution in [3.05, 3.63) is 12.2 Å². The number of halogens is 3. The van der Waals surface area contributed by atoms with Gasteiger partial charge in [0.2, 0.25) is 0 Å². The van der Waals surface area contributed by atoms with Crippen LogP contribution in [0, 0.1) is 0 Å². The van der Waals surface area contributed by atoms with Crippen molar-refractivity contribution in [2.45, 2.75) is 6.42 Å². The van der Waals surface area contributed by atoms with Crippen molar-refractivity contribution < 1.29 is 13.2 Å². The standard InChI is InChI=1S/C4H5F3/c5-2-1-4(7)3-6/h3H,1-2H2/b4-3+. The Labute approximate surface area is 39.6 Å². The Kier molecular flexibility index (Phi) is 3.46. The minimum atomic E-state index is -1.04. The lowest BCUT2D eigenvalue weighted by Crippen LogP contribution is -1.73. The van der Waals surface area contributed by atoms with E-state index in [2.05, 4.69) is 0 Å². The molecule has 0 aliphatic rings. The highest BCUT2D eigenvalue weighted by Crippen LogP contribution is 2.01. The second-order valence-corrected chi connectivity index (χ2v) is 0.995. The van der Waals surface area contributed by atoms with E-state index in [9.17, 15) is 13.2 Å². The molecule has 0 aliphatic carbocycles. The molecule has 0 aliphatic heterocycles. The van der Waals surface area contributed by atoms with Crippen molar-refractivity contribution >= 4 is 0 Å². The van der Waals surface area contributed by atoms with E-state index in [0.717, 1.165) is 0 Å². The van der Waals surface area contributed by atoms with Gasteiger partial charge in [-0.1, -0.05) is 0 Å². The second kappa shape index (κ2) is 3.71. The first-order valence-electron chi connectivity index (χ1n) is 1.82. The van der Waals surface area contributed by atoms with Gasteiger partial charge in [-0.3, -0.25) is 4.39 Å². The predicted octanol–water partition coefficient (Wildman–Crippen LogP) is 2.13. The highest BCUT2D eigenvalue weighted by molar-refractivity contribution is 4.83. The molecule has 0 radical (unpaired) electrons. The topological polar surface area (TPSA) is 0 Å². The van der Waals surface area contributed by atoms with Gasteiger partial charge in [-0.05, 0) is 0 Å². The third kappa shape index (κ3) is 3.36. The zero-order valence-corrected chi connectivity index (χ0v) is 3.63. The van der Waals surface area contributed by atoms with Gasteiger partial charge in [-0.2, -0.15) is 0 Å². The molecule has 0 unspecified atom stereocenters. The number of alkyl halides is 1. The Balaban J connectivity index is 3.17. The van der Waals surface area contributed by atoms with Gasteiger partial charge in [0, 0.05) is 6.42 Å². The fourth-order valence-electron chi connectivity index (χ4n) is 0.145. The molecule has 0 rings (SSSR count). The summed E-state index contributed by atoms with van der Waals surface area (Å²) in [5, 5.41) is 0. The van der Waals surface area contributed by atoms with Gasteiger partial charge in [0.05, 0.1) is 6.67 Å². The van der Waals surface area contributed by atoms with Crippen LogP contribution in [0.4, 0.5) is 13.2 Å². The molecule has 0 atom stereocenters. The molecule has 0 bridgehead atoms. The van der Waals surface area contributed by atoms with E-state index >= 15 is 0 Å². The number of hydrogen-bond acceptors (Lipinski definition) is 0. The van der Waals surface area contributed by atoms with Crippen molar-refractivity contribution in [1.82, 2.24) is 0 Å². The summed E-state index contributed by atoms with van der Waals surface area (Å²) in [6.45, 7) is -0.841. The molecule has 42 valence electrons. The van der Waals surface area contributed by atoms with Gasteiger partial charge in [0.1, 0.15) is 12.2 Å². The van der Waals surface area contributed by atoms with Crippen LogP contribution in [0.25, 0.3) is 0 Å². The maximum absolute atomic E-state index is 11.4. The average Bonchev–Trinajstić information content (AvgIpc) is 1.68. The molecule has 0 aromatic carbocycles. The van der Waals surface area contributed by atoms with E-state index in [4.69, 9.17) is 0 Å². The van der Waals surface area contributed by atoms with E-state index in [1.807, 2.05) is 0 Å². The largest absolute Gasteiger partial charge is 0.251 e. The van der Waals surface area contributed by atoms with Crippen molar-refractivity contribution in [2.24, 2.45) is 0 Å². The van der Waals surface area contributed by atoms with Crippen LogP contribution in [-0.4, -0.2) is 6.67 Å². The smallest absolute Gasteiger partial charge is 0.131 e. The molecule has 0 saturated heterocycles. The Morgan fingerprint density at radius 3 is 2.29 bits per heavy atom. The van der Waals surface area contributed by atoms with Crippen molar-refractivity contribution in [3.8, 4) is 0 Å². The molecule has 0 fully saturated rings. The molecule has 0 spiro atoms. The van der Waals surface area contributed by atoms with Gasteiger partial charge < -0.3 is 0 Å². The van der Waals surface area contributed by atoms with Crippen LogP contribution in [0.5, 0.6) is 0 Å².